The third-order valence-electron chi connectivity index (χ3n) is 3.22. The Morgan fingerprint density at radius 2 is 1.91 bits per heavy atom. The lowest BCUT2D eigenvalue weighted by Gasteiger charge is -2.29. The maximum absolute atomic E-state index is 11.9. The molecule has 22 heavy (non-hydrogen) atoms. The first kappa shape index (κ1) is 17.0. The van der Waals surface area contributed by atoms with Crippen LogP contribution < -0.4 is 0 Å². The van der Waals surface area contributed by atoms with Crippen LogP contribution in [0.2, 0.25) is 0 Å². The van der Waals surface area contributed by atoms with Gasteiger partial charge in [0.2, 0.25) is 0 Å². The smallest absolute Gasteiger partial charge is 0.312 e. The van der Waals surface area contributed by atoms with Crippen molar-refractivity contribution >= 4 is 52.3 Å². The number of halogens is 3. The van der Waals surface area contributed by atoms with Gasteiger partial charge in [-0.25, -0.2) is 4.79 Å². The summed E-state index contributed by atoms with van der Waals surface area (Å²) >= 11 is 18.0. The van der Waals surface area contributed by atoms with Crippen molar-refractivity contribution in [2.75, 3.05) is 0 Å². The number of nitrogens with zero attached hydrogens (tertiary/aromatic N) is 1. The summed E-state index contributed by atoms with van der Waals surface area (Å²) < 4.78 is 0. The molecule has 116 valence electrons. The molecule has 4 nitrogen and oxygen atoms in total. The minimum atomic E-state index is -1.31. The third-order valence-corrected chi connectivity index (χ3v) is 4.67. The molecule has 2 atom stereocenters. The minimum absolute atomic E-state index is 0.108. The van der Waals surface area contributed by atoms with Crippen LogP contribution in [0.25, 0.3) is 0 Å². The Morgan fingerprint density at radius 1 is 1.32 bits per heavy atom. The molecule has 2 rings (SSSR count). The van der Waals surface area contributed by atoms with Crippen LogP contribution >= 0.6 is 34.8 Å². The van der Waals surface area contributed by atoms with E-state index in [1.807, 2.05) is 6.92 Å². The summed E-state index contributed by atoms with van der Waals surface area (Å²) in [4.78, 5) is 27.2. The van der Waals surface area contributed by atoms with E-state index in [4.69, 9.17) is 39.6 Å². The maximum atomic E-state index is 11.9. The number of aryl methyl sites for hydroxylation is 1. The highest BCUT2D eigenvalue weighted by Gasteiger charge is 2.45. The molecular formula is C15H12Cl3NO3. The van der Waals surface area contributed by atoms with Gasteiger partial charge >= 0.3 is 5.97 Å². The lowest BCUT2D eigenvalue weighted by molar-refractivity contribution is -0.115. The zero-order valence-electron chi connectivity index (χ0n) is 11.8. The highest BCUT2D eigenvalue weighted by molar-refractivity contribution is 6.57. The molecule has 1 aromatic carbocycles. The summed E-state index contributed by atoms with van der Waals surface area (Å²) in [7, 11) is 0. The average molecular weight is 361 g/mol. The van der Waals surface area contributed by atoms with Crippen LogP contribution in [0.4, 0.5) is 0 Å². The van der Waals surface area contributed by atoms with Crippen LogP contribution in [0.1, 0.15) is 22.8 Å². The zero-order valence-corrected chi connectivity index (χ0v) is 14.0. The molecule has 0 fully saturated rings. The van der Waals surface area contributed by atoms with Crippen molar-refractivity contribution < 1.29 is 14.4 Å². The number of carbonyl (C=O) groups is 2. The Kier molecular flexibility index (Phi) is 4.95. The van der Waals surface area contributed by atoms with Crippen LogP contribution in [0.15, 0.2) is 40.5 Å². The summed E-state index contributed by atoms with van der Waals surface area (Å²) in [5, 5.41) is 2.51. The first-order valence-electron chi connectivity index (χ1n) is 6.34. The second-order valence-electron chi connectivity index (χ2n) is 5.02. The van der Waals surface area contributed by atoms with E-state index in [1.165, 1.54) is 13.0 Å². The second-order valence-corrected chi connectivity index (χ2v) is 6.64. The molecule has 0 saturated carbocycles. The maximum Gasteiger partial charge on any atom is 0.365 e. The van der Waals surface area contributed by atoms with E-state index >= 15 is 0 Å². The van der Waals surface area contributed by atoms with Crippen LogP contribution in [-0.2, 0) is 9.63 Å². The molecule has 7 heteroatoms. The molecule has 1 aromatic rings. The molecule has 0 N–H and O–H groups in total. The predicted octanol–water partition coefficient (Wildman–Crippen LogP) is 3.82. The quantitative estimate of drug-likeness (QED) is 0.458. The molecule has 0 aliphatic heterocycles. The predicted molar refractivity (Wildman–Crippen MR) is 86.9 cm³/mol. The summed E-state index contributed by atoms with van der Waals surface area (Å²) in [5.74, 6) is -1.14. The summed E-state index contributed by atoms with van der Waals surface area (Å²) in [6.07, 6.45) is 1.25. The Bertz CT molecular complexity index is 678. The van der Waals surface area contributed by atoms with Gasteiger partial charge in [0.15, 0.2) is 5.78 Å². The zero-order chi connectivity index (χ0) is 16.5. The number of ketones is 1. The van der Waals surface area contributed by atoms with E-state index in [1.54, 1.807) is 24.3 Å². The number of alkyl halides is 2. The standard InChI is InChI=1S/C15H12Cl3NO3/c1-8-3-5-9(6-4-8)14(21)22-19-11-7-10(16)12(20)13(17)15(11,2)18/h3-7,13H,1-2H3/b19-11+. The topological polar surface area (TPSA) is 55.7 Å². The Morgan fingerprint density at radius 3 is 2.50 bits per heavy atom. The fraction of sp³-hybridized carbons (Fsp3) is 0.267. The van der Waals surface area contributed by atoms with Crippen molar-refractivity contribution in [2.24, 2.45) is 5.16 Å². The van der Waals surface area contributed by atoms with Gasteiger partial charge in [-0.15, -0.1) is 23.2 Å². The highest BCUT2D eigenvalue weighted by atomic mass is 35.5. The van der Waals surface area contributed by atoms with Crippen LogP contribution in [0.3, 0.4) is 0 Å². The van der Waals surface area contributed by atoms with Gasteiger partial charge in [0, 0.05) is 0 Å². The van der Waals surface area contributed by atoms with Gasteiger partial charge in [0.1, 0.15) is 16.0 Å². The van der Waals surface area contributed by atoms with Crippen LogP contribution in [-0.4, -0.2) is 27.7 Å². The molecule has 2 unspecified atom stereocenters. The lowest BCUT2D eigenvalue weighted by Crippen LogP contribution is -2.46. The number of Topliss-reactive ketones (excluding diaryl/α,β-unsaturated/α-hetero) is 1. The fourth-order valence-electron chi connectivity index (χ4n) is 1.78. The van der Waals surface area contributed by atoms with Gasteiger partial charge in [0.25, 0.3) is 0 Å². The lowest BCUT2D eigenvalue weighted by atomic mass is 9.91. The molecule has 0 amide bonds. The number of rotatable bonds is 2. The largest absolute Gasteiger partial charge is 0.365 e. The van der Waals surface area contributed by atoms with E-state index in [0.29, 0.717) is 5.56 Å². The Balaban J connectivity index is 2.23. The summed E-state index contributed by atoms with van der Waals surface area (Å²) in [5.41, 5.74) is 1.47. The van der Waals surface area contributed by atoms with Crippen LogP contribution in [0, 0.1) is 6.92 Å². The molecule has 0 bridgehead atoms. The fourth-order valence-corrected chi connectivity index (χ4v) is 2.46. The van der Waals surface area contributed by atoms with Crippen molar-refractivity contribution in [3.8, 4) is 0 Å². The van der Waals surface area contributed by atoms with Crippen molar-refractivity contribution in [1.29, 1.82) is 0 Å². The molecule has 1 aliphatic carbocycles. The van der Waals surface area contributed by atoms with Crippen molar-refractivity contribution in [3.63, 3.8) is 0 Å². The van der Waals surface area contributed by atoms with Gasteiger partial charge in [0.05, 0.1) is 10.6 Å². The Hall–Kier alpha value is -1.36. The van der Waals surface area contributed by atoms with Gasteiger partial charge in [-0.3, -0.25) is 4.79 Å². The van der Waals surface area contributed by atoms with Gasteiger partial charge < -0.3 is 4.84 Å². The van der Waals surface area contributed by atoms with E-state index in [9.17, 15) is 9.59 Å². The summed E-state index contributed by atoms with van der Waals surface area (Å²) in [6.45, 7) is 3.41. The number of hydrogen-bond acceptors (Lipinski definition) is 4. The number of hydrogen-bond donors (Lipinski definition) is 0. The third kappa shape index (κ3) is 3.35. The van der Waals surface area contributed by atoms with E-state index in [-0.39, 0.29) is 10.7 Å². The molecule has 0 heterocycles. The SMILES string of the molecule is Cc1ccc(C(=O)O/N=C2\C=C(Cl)C(=O)C(Cl)C2(C)Cl)cc1. The Labute approximate surface area is 142 Å². The van der Waals surface area contributed by atoms with E-state index < -0.39 is 22.0 Å². The van der Waals surface area contributed by atoms with E-state index in [2.05, 4.69) is 5.16 Å². The number of oxime groups is 1. The van der Waals surface area contributed by atoms with Crippen molar-refractivity contribution in [2.45, 2.75) is 24.1 Å². The average Bonchev–Trinajstić information content (AvgIpc) is 2.48. The van der Waals surface area contributed by atoms with Crippen LogP contribution in [0.5, 0.6) is 0 Å². The van der Waals surface area contributed by atoms with Gasteiger partial charge in [-0.1, -0.05) is 34.5 Å². The normalized spacial score (nSPS) is 26.8. The van der Waals surface area contributed by atoms with Gasteiger partial charge in [-0.05, 0) is 32.1 Å². The first-order chi connectivity index (χ1) is 10.2. The number of carbonyl (C=O) groups excluding carboxylic acids is 2. The second kappa shape index (κ2) is 6.41. The molecular weight excluding hydrogens is 349 g/mol. The highest BCUT2D eigenvalue weighted by Crippen LogP contribution is 2.34. The first-order valence-corrected chi connectivity index (χ1v) is 7.53. The molecule has 0 saturated heterocycles. The van der Waals surface area contributed by atoms with Crippen molar-refractivity contribution in [1.82, 2.24) is 0 Å². The molecule has 0 aromatic heterocycles. The molecule has 0 radical (unpaired) electrons. The minimum Gasteiger partial charge on any atom is -0.312 e. The number of benzene rings is 1. The monoisotopic (exact) mass is 359 g/mol. The van der Waals surface area contributed by atoms with Gasteiger partial charge in [-0.2, -0.15) is 0 Å². The number of allylic oxidation sites excluding steroid dienone is 2. The molecule has 1 aliphatic rings. The van der Waals surface area contributed by atoms with E-state index in [0.717, 1.165) is 5.56 Å². The van der Waals surface area contributed by atoms with Crippen molar-refractivity contribution in [3.05, 3.63) is 46.5 Å². The molecule has 0 spiro atoms. The summed E-state index contributed by atoms with van der Waals surface area (Å²) in [6, 6.07) is 6.80.